The van der Waals surface area contributed by atoms with Gasteiger partial charge >= 0.3 is 0 Å². The van der Waals surface area contributed by atoms with Crippen LogP contribution in [0.15, 0.2) is 24.3 Å². The summed E-state index contributed by atoms with van der Waals surface area (Å²) in [5, 5.41) is 0. The van der Waals surface area contributed by atoms with Gasteiger partial charge < -0.3 is 0 Å². The molecule has 1 aromatic heterocycles. The van der Waals surface area contributed by atoms with Crippen LogP contribution < -0.4 is 4.90 Å². The van der Waals surface area contributed by atoms with Crippen molar-refractivity contribution in [2.75, 3.05) is 17.2 Å². The fourth-order valence-corrected chi connectivity index (χ4v) is 5.56. The van der Waals surface area contributed by atoms with Crippen LogP contribution in [0.25, 0.3) is 0 Å². The third-order valence-electron chi connectivity index (χ3n) is 5.81. The Bertz CT molecular complexity index is 1090. The highest BCUT2D eigenvalue weighted by atomic mass is 32.2. The first-order valence-corrected chi connectivity index (χ1v) is 11.8. The van der Waals surface area contributed by atoms with E-state index in [9.17, 15) is 17.6 Å². The zero-order valence-electron chi connectivity index (χ0n) is 17.1. The van der Waals surface area contributed by atoms with Crippen LogP contribution in [0.5, 0.6) is 0 Å². The van der Waals surface area contributed by atoms with Crippen LogP contribution in [-0.2, 0) is 27.8 Å². The van der Waals surface area contributed by atoms with Gasteiger partial charge in [0.05, 0.1) is 18.3 Å². The maximum absolute atomic E-state index is 13.6. The van der Waals surface area contributed by atoms with Crippen LogP contribution >= 0.6 is 0 Å². The van der Waals surface area contributed by atoms with Gasteiger partial charge in [-0.05, 0) is 50.8 Å². The molecular formula is C21H25FN4O3S. The predicted molar refractivity (Wildman–Crippen MR) is 111 cm³/mol. The number of aryl methyl sites for hydroxylation is 1. The molecule has 2 aliphatic rings. The van der Waals surface area contributed by atoms with Crippen molar-refractivity contribution >= 4 is 21.7 Å². The van der Waals surface area contributed by atoms with Crippen LogP contribution in [0.1, 0.15) is 54.9 Å². The number of benzene rings is 1. The van der Waals surface area contributed by atoms with Crippen LogP contribution in [-0.4, -0.2) is 40.9 Å². The Morgan fingerprint density at radius 2 is 2.03 bits per heavy atom. The molecule has 1 amide bonds. The summed E-state index contributed by atoms with van der Waals surface area (Å²) in [6.45, 7) is 4.16. The number of amides is 1. The van der Waals surface area contributed by atoms with E-state index in [1.807, 2.05) is 6.92 Å². The Balaban J connectivity index is 1.74. The molecule has 0 bridgehead atoms. The molecule has 0 aliphatic carbocycles. The average molecular weight is 433 g/mol. The van der Waals surface area contributed by atoms with Crippen molar-refractivity contribution < 1.29 is 17.6 Å². The molecule has 2 aromatic rings. The smallest absolute Gasteiger partial charge is 0.228 e. The molecule has 1 unspecified atom stereocenters. The molecule has 7 nitrogen and oxygen atoms in total. The second-order valence-corrected chi connectivity index (χ2v) is 9.96. The first-order chi connectivity index (χ1) is 14.3. The summed E-state index contributed by atoms with van der Waals surface area (Å²) < 4.78 is 40.2. The monoisotopic (exact) mass is 432 g/mol. The number of carbonyl (C=O) groups is 1. The van der Waals surface area contributed by atoms with Crippen LogP contribution in [0.4, 0.5) is 10.2 Å². The van der Waals surface area contributed by atoms with Gasteiger partial charge in [-0.25, -0.2) is 22.8 Å². The lowest BCUT2D eigenvalue weighted by Gasteiger charge is -2.31. The highest BCUT2D eigenvalue weighted by molar-refractivity contribution is 7.89. The molecule has 0 N–H and O–H groups in total. The van der Waals surface area contributed by atoms with Gasteiger partial charge in [-0.3, -0.25) is 9.69 Å². The molecule has 0 saturated carbocycles. The number of hydrogen-bond donors (Lipinski definition) is 0. The summed E-state index contributed by atoms with van der Waals surface area (Å²) in [4.78, 5) is 23.6. The van der Waals surface area contributed by atoms with Crippen LogP contribution in [0.2, 0.25) is 0 Å². The minimum absolute atomic E-state index is 0.0254. The first kappa shape index (κ1) is 20.9. The van der Waals surface area contributed by atoms with Gasteiger partial charge in [0, 0.05) is 24.2 Å². The summed E-state index contributed by atoms with van der Waals surface area (Å²) in [6.07, 6.45) is 2.28. The lowest BCUT2D eigenvalue weighted by Crippen LogP contribution is -2.37. The topological polar surface area (TPSA) is 83.5 Å². The Morgan fingerprint density at radius 1 is 1.23 bits per heavy atom. The van der Waals surface area contributed by atoms with E-state index in [1.165, 1.54) is 16.4 Å². The normalized spacial score (nSPS) is 19.9. The largest absolute Gasteiger partial charge is 0.292 e. The number of aromatic nitrogens is 2. The van der Waals surface area contributed by atoms with E-state index < -0.39 is 16.1 Å². The second kappa shape index (κ2) is 8.03. The molecule has 1 saturated heterocycles. The molecule has 9 heteroatoms. The van der Waals surface area contributed by atoms with E-state index in [0.29, 0.717) is 43.0 Å². The van der Waals surface area contributed by atoms with Crippen molar-refractivity contribution in [3.63, 3.8) is 0 Å². The Kier molecular flexibility index (Phi) is 5.59. The number of carbonyl (C=O) groups excluding carboxylic acids is 1. The van der Waals surface area contributed by atoms with E-state index in [1.54, 1.807) is 24.0 Å². The number of halogens is 1. The molecule has 1 atom stereocenters. The van der Waals surface area contributed by atoms with Crippen molar-refractivity contribution in [3.8, 4) is 0 Å². The maximum atomic E-state index is 13.6. The number of rotatable bonds is 5. The van der Waals surface area contributed by atoms with Crippen LogP contribution in [0, 0.1) is 12.7 Å². The van der Waals surface area contributed by atoms with Crippen molar-refractivity contribution in [1.82, 2.24) is 14.3 Å². The second-order valence-electron chi connectivity index (χ2n) is 7.75. The summed E-state index contributed by atoms with van der Waals surface area (Å²) >= 11 is 0. The molecule has 2 aliphatic heterocycles. The van der Waals surface area contributed by atoms with E-state index in [2.05, 4.69) is 4.98 Å². The summed E-state index contributed by atoms with van der Waals surface area (Å²) in [6, 6.07) is 5.73. The van der Waals surface area contributed by atoms with E-state index in [0.717, 1.165) is 17.7 Å². The Labute approximate surface area is 176 Å². The SMILES string of the molecule is CCS(=O)(=O)N1CCCC1c1nc(C)c2c(n1)N(Cc1cccc(F)c1)C(=O)CC2. The van der Waals surface area contributed by atoms with Gasteiger partial charge in [-0.2, -0.15) is 4.31 Å². The molecule has 1 fully saturated rings. The fraction of sp³-hybridized carbons (Fsp3) is 0.476. The van der Waals surface area contributed by atoms with E-state index in [-0.39, 0.29) is 24.0 Å². The van der Waals surface area contributed by atoms with Gasteiger partial charge in [-0.15, -0.1) is 0 Å². The van der Waals surface area contributed by atoms with Gasteiger partial charge in [0.25, 0.3) is 0 Å². The third kappa shape index (κ3) is 3.83. The van der Waals surface area contributed by atoms with Crippen molar-refractivity contribution in [1.29, 1.82) is 0 Å². The lowest BCUT2D eigenvalue weighted by atomic mass is 10.0. The Hall–Kier alpha value is -2.39. The highest BCUT2D eigenvalue weighted by Crippen LogP contribution is 2.36. The van der Waals surface area contributed by atoms with Crippen molar-refractivity contribution in [2.45, 2.75) is 52.1 Å². The molecular weight excluding hydrogens is 407 g/mol. The van der Waals surface area contributed by atoms with Crippen molar-refractivity contribution in [3.05, 3.63) is 52.7 Å². The van der Waals surface area contributed by atoms with E-state index in [4.69, 9.17) is 4.98 Å². The summed E-state index contributed by atoms with van der Waals surface area (Å²) in [7, 11) is -3.38. The zero-order chi connectivity index (χ0) is 21.5. The number of fused-ring (bicyclic) bond motifs is 1. The van der Waals surface area contributed by atoms with Gasteiger partial charge in [0.1, 0.15) is 17.5 Å². The quantitative estimate of drug-likeness (QED) is 0.726. The zero-order valence-corrected chi connectivity index (χ0v) is 18.0. The fourth-order valence-electron chi connectivity index (χ4n) is 4.23. The molecule has 30 heavy (non-hydrogen) atoms. The number of sulfonamides is 1. The third-order valence-corrected chi connectivity index (χ3v) is 7.69. The maximum Gasteiger partial charge on any atom is 0.228 e. The number of hydrogen-bond acceptors (Lipinski definition) is 5. The lowest BCUT2D eigenvalue weighted by molar-refractivity contribution is -0.119. The Morgan fingerprint density at radius 3 is 2.77 bits per heavy atom. The number of nitrogens with zero attached hydrogens (tertiary/aromatic N) is 4. The van der Waals surface area contributed by atoms with Gasteiger partial charge in [0.2, 0.25) is 15.9 Å². The molecule has 160 valence electrons. The molecule has 3 heterocycles. The van der Waals surface area contributed by atoms with Crippen LogP contribution in [0.3, 0.4) is 0 Å². The predicted octanol–water partition coefficient (Wildman–Crippen LogP) is 2.89. The minimum atomic E-state index is -3.38. The van der Waals surface area contributed by atoms with Gasteiger partial charge in [-0.1, -0.05) is 12.1 Å². The molecule has 0 radical (unpaired) electrons. The molecule has 1 aromatic carbocycles. The number of anilines is 1. The van der Waals surface area contributed by atoms with E-state index >= 15 is 0 Å². The highest BCUT2D eigenvalue weighted by Gasteiger charge is 2.37. The first-order valence-electron chi connectivity index (χ1n) is 10.2. The summed E-state index contributed by atoms with van der Waals surface area (Å²) in [5.74, 6) is 0.527. The standard InChI is InChI=1S/C21H25FN4O3S/c1-3-30(28,29)26-11-5-8-18(26)20-23-14(2)17-9-10-19(27)25(21(17)24-20)13-15-6-4-7-16(22)12-15/h4,6-7,12,18H,3,5,8-11,13H2,1-2H3. The van der Waals surface area contributed by atoms with Gasteiger partial charge in [0.15, 0.2) is 0 Å². The molecule has 4 rings (SSSR count). The average Bonchev–Trinajstić information content (AvgIpc) is 3.21. The molecule has 0 spiro atoms. The minimum Gasteiger partial charge on any atom is -0.292 e. The van der Waals surface area contributed by atoms with Crippen molar-refractivity contribution in [2.24, 2.45) is 0 Å². The summed E-state index contributed by atoms with van der Waals surface area (Å²) in [5.41, 5.74) is 2.32.